The molecule has 0 radical (unpaired) electrons. The maximum absolute atomic E-state index is 5.70. The van der Waals surface area contributed by atoms with Crippen LogP contribution in [0.1, 0.15) is 63.2 Å². The Morgan fingerprint density at radius 3 is 2.84 bits per heavy atom. The third-order valence-electron chi connectivity index (χ3n) is 4.62. The van der Waals surface area contributed by atoms with E-state index in [-0.39, 0.29) is 11.6 Å². The average molecular weight is 265 g/mol. The van der Waals surface area contributed by atoms with Crippen LogP contribution in [0.15, 0.2) is 4.52 Å². The van der Waals surface area contributed by atoms with Crippen molar-refractivity contribution in [1.29, 1.82) is 0 Å². The number of aromatic nitrogens is 2. The summed E-state index contributed by atoms with van der Waals surface area (Å²) in [7, 11) is 1.75. The highest BCUT2D eigenvalue weighted by molar-refractivity contribution is 5.06. The van der Waals surface area contributed by atoms with E-state index < -0.39 is 0 Å². The lowest BCUT2D eigenvalue weighted by atomic mass is 9.94. The topological polar surface area (TPSA) is 60.2 Å². The fourth-order valence-corrected chi connectivity index (χ4v) is 3.32. The number of rotatable bonds is 3. The molecule has 5 nitrogen and oxygen atoms in total. The molecule has 0 amide bonds. The van der Waals surface area contributed by atoms with Gasteiger partial charge in [-0.2, -0.15) is 4.98 Å². The Labute approximate surface area is 114 Å². The van der Waals surface area contributed by atoms with Crippen molar-refractivity contribution in [2.24, 2.45) is 5.92 Å². The molecule has 2 heterocycles. The van der Waals surface area contributed by atoms with Crippen LogP contribution in [0, 0.1) is 5.92 Å². The lowest BCUT2D eigenvalue weighted by molar-refractivity contribution is -0.0178. The predicted molar refractivity (Wildman–Crippen MR) is 70.6 cm³/mol. The van der Waals surface area contributed by atoms with Crippen molar-refractivity contribution in [2.75, 3.05) is 13.7 Å². The molecule has 0 spiro atoms. The Balaban J connectivity index is 1.79. The monoisotopic (exact) mass is 265 g/mol. The van der Waals surface area contributed by atoms with Gasteiger partial charge in [0.05, 0.1) is 6.04 Å². The molecule has 1 aromatic heterocycles. The van der Waals surface area contributed by atoms with Crippen molar-refractivity contribution < 1.29 is 9.26 Å². The number of nitrogens with one attached hydrogen (secondary N) is 1. The molecule has 19 heavy (non-hydrogen) atoms. The second kappa shape index (κ2) is 5.21. The highest BCUT2D eigenvalue weighted by atomic mass is 16.5. The van der Waals surface area contributed by atoms with Gasteiger partial charge >= 0.3 is 0 Å². The first kappa shape index (κ1) is 13.1. The second-order valence-electron chi connectivity index (χ2n) is 6.00. The van der Waals surface area contributed by atoms with Crippen molar-refractivity contribution in [3.8, 4) is 0 Å². The molecule has 2 atom stereocenters. The van der Waals surface area contributed by atoms with Gasteiger partial charge in [-0.3, -0.25) is 0 Å². The first-order valence-corrected chi connectivity index (χ1v) is 7.36. The molecule has 1 aliphatic carbocycles. The van der Waals surface area contributed by atoms with E-state index in [0.29, 0.717) is 5.92 Å². The largest absolute Gasteiger partial charge is 0.370 e. The van der Waals surface area contributed by atoms with E-state index in [9.17, 15) is 0 Å². The van der Waals surface area contributed by atoms with Crippen LogP contribution in [0.3, 0.4) is 0 Å². The van der Waals surface area contributed by atoms with Gasteiger partial charge in [0.25, 0.3) is 0 Å². The maximum Gasteiger partial charge on any atom is 0.243 e. The van der Waals surface area contributed by atoms with Crippen LogP contribution in [-0.2, 0) is 10.3 Å². The molecule has 0 aromatic carbocycles. The van der Waals surface area contributed by atoms with E-state index in [1.54, 1.807) is 7.11 Å². The number of methoxy groups -OCH3 is 1. The van der Waals surface area contributed by atoms with Crippen LogP contribution in [0.25, 0.3) is 0 Å². The van der Waals surface area contributed by atoms with E-state index in [2.05, 4.69) is 22.4 Å². The smallest absolute Gasteiger partial charge is 0.243 e. The summed E-state index contributed by atoms with van der Waals surface area (Å²) >= 11 is 0. The molecule has 5 heteroatoms. The third kappa shape index (κ3) is 2.41. The molecule has 1 saturated heterocycles. The van der Waals surface area contributed by atoms with Crippen LogP contribution >= 0.6 is 0 Å². The van der Waals surface area contributed by atoms with E-state index in [1.165, 1.54) is 19.3 Å². The van der Waals surface area contributed by atoms with Gasteiger partial charge in [0, 0.05) is 7.11 Å². The third-order valence-corrected chi connectivity index (χ3v) is 4.62. The summed E-state index contributed by atoms with van der Waals surface area (Å²) < 4.78 is 11.2. The molecule has 3 rings (SSSR count). The fourth-order valence-electron chi connectivity index (χ4n) is 3.32. The fraction of sp³-hybridized carbons (Fsp3) is 0.857. The molecule has 1 aliphatic heterocycles. The zero-order valence-corrected chi connectivity index (χ0v) is 11.8. The standard InChI is InChI=1S/C14H23N3O2/c1-10-5-8-15-11(9-10)12-16-13(17-19-12)14(18-2)6-3-4-7-14/h10-11,15H,3-9H2,1-2H3. The first-order chi connectivity index (χ1) is 9.23. The summed E-state index contributed by atoms with van der Waals surface area (Å²) in [5.74, 6) is 2.18. The molecule has 2 aliphatic rings. The predicted octanol–water partition coefficient (Wildman–Crippen LogP) is 2.55. The van der Waals surface area contributed by atoms with E-state index in [0.717, 1.165) is 37.5 Å². The van der Waals surface area contributed by atoms with Gasteiger partial charge in [-0.05, 0) is 51.0 Å². The molecule has 2 unspecified atom stereocenters. The summed E-state index contributed by atoms with van der Waals surface area (Å²) in [5.41, 5.74) is -0.304. The number of hydrogen-bond donors (Lipinski definition) is 1. The van der Waals surface area contributed by atoms with Gasteiger partial charge < -0.3 is 14.6 Å². The Morgan fingerprint density at radius 1 is 1.37 bits per heavy atom. The Kier molecular flexibility index (Phi) is 3.58. The van der Waals surface area contributed by atoms with E-state index in [4.69, 9.17) is 9.26 Å². The lowest BCUT2D eigenvalue weighted by Gasteiger charge is -2.25. The van der Waals surface area contributed by atoms with Crippen molar-refractivity contribution in [2.45, 2.75) is 57.1 Å². The Hall–Kier alpha value is -0.940. The van der Waals surface area contributed by atoms with Gasteiger partial charge in [0.15, 0.2) is 0 Å². The second-order valence-corrected chi connectivity index (χ2v) is 6.00. The van der Waals surface area contributed by atoms with Gasteiger partial charge in [0.1, 0.15) is 5.60 Å². The van der Waals surface area contributed by atoms with E-state index >= 15 is 0 Å². The molecule has 1 saturated carbocycles. The zero-order chi connectivity index (χ0) is 13.3. The van der Waals surface area contributed by atoms with Gasteiger partial charge in [-0.25, -0.2) is 0 Å². The number of nitrogens with zero attached hydrogens (tertiary/aromatic N) is 2. The van der Waals surface area contributed by atoms with Gasteiger partial charge in [-0.15, -0.1) is 0 Å². The highest BCUT2D eigenvalue weighted by Gasteiger charge is 2.40. The minimum absolute atomic E-state index is 0.209. The van der Waals surface area contributed by atoms with Crippen molar-refractivity contribution in [3.05, 3.63) is 11.7 Å². The maximum atomic E-state index is 5.70. The number of hydrogen-bond acceptors (Lipinski definition) is 5. The van der Waals surface area contributed by atoms with Crippen LogP contribution in [-0.4, -0.2) is 23.8 Å². The van der Waals surface area contributed by atoms with E-state index in [1.807, 2.05) is 0 Å². The quantitative estimate of drug-likeness (QED) is 0.910. The Bertz CT molecular complexity index is 426. The van der Waals surface area contributed by atoms with Crippen molar-refractivity contribution >= 4 is 0 Å². The number of ether oxygens (including phenoxy) is 1. The van der Waals surface area contributed by atoms with Crippen LogP contribution in [0.4, 0.5) is 0 Å². The lowest BCUT2D eigenvalue weighted by Crippen LogP contribution is -2.31. The normalized spacial score (nSPS) is 30.6. The van der Waals surface area contributed by atoms with Crippen molar-refractivity contribution in [1.82, 2.24) is 15.5 Å². The van der Waals surface area contributed by atoms with Gasteiger partial charge in [-0.1, -0.05) is 12.1 Å². The minimum Gasteiger partial charge on any atom is -0.370 e. The average Bonchev–Trinajstić information content (AvgIpc) is 3.08. The summed E-state index contributed by atoms with van der Waals surface area (Å²) in [6, 6.07) is 0.209. The molecule has 2 fully saturated rings. The van der Waals surface area contributed by atoms with Crippen LogP contribution in [0.2, 0.25) is 0 Å². The highest BCUT2D eigenvalue weighted by Crippen LogP contribution is 2.40. The molecule has 1 N–H and O–H groups in total. The SMILES string of the molecule is COC1(c2noc(C3CC(C)CCN3)n2)CCCC1. The van der Waals surface area contributed by atoms with Crippen LogP contribution < -0.4 is 5.32 Å². The summed E-state index contributed by atoms with van der Waals surface area (Å²) in [6.07, 6.45) is 6.64. The first-order valence-electron chi connectivity index (χ1n) is 7.36. The number of piperidine rings is 1. The molecule has 106 valence electrons. The summed E-state index contributed by atoms with van der Waals surface area (Å²) in [4.78, 5) is 4.63. The summed E-state index contributed by atoms with van der Waals surface area (Å²) in [5, 5.41) is 7.65. The zero-order valence-electron chi connectivity index (χ0n) is 11.8. The molecular weight excluding hydrogens is 242 g/mol. The van der Waals surface area contributed by atoms with Gasteiger partial charge in [0.2, 0.25) is 11.7 Å². The summed E-state index contributed by atoms with van der Waals surface area (Å²) in [6.45, 7) is 3.30. The molecule has 1 aromatic rings. The van der Waals surface area contributed by atoms with Crippen LogP contribution in [0.5, 0.6) is 0 Å². The molecule has 0 bridgehead atoms. The van der Waals surface area contributed by atoms with Crippen molar-refractivity contribution in [3.63, 3.8) is 0 Å². The minimum atomic E-state index is -0.304. The molecular formula is C14H23N3O2. The Morgan fingerprint density at radius 2 is 2.16 bits per heavy atom.